The first-order valence-corrected chi connectivity index (χ1v) is 12.1. The Morgan fingerprint density at radius 3 is 2.55 bits per heavy atom. The predicted octanol–water partition coefficient (Wildman–Crippen LogP) is 2.69. The minimum absolute atomic E-state index is 0.167. The molecule has 3 aromatic rings. The molecular formula is C22H27N5O3S. The van der Waals surface area contributed by atoms with E-state index >= 15 is 0 Å². The monoisotopic (exact) mass is 441 g/mol. The SMILES string of the molecule is Cc1cccn2cc(CNC(=O)CS(=O)(=O)Nc3ccc(N4CCCCC4)cc3)nc12. The van der Waals surface area contributed by atoms with Crippen LogP contribution in [-0.4, -0.2) is 42.6 Å². The van der Waals surface area contributed by atoms with Gasteiger partial charge in [-0.2, -0.15) is 0 Å². The quantitative estimate of drug-likeness (QED) is 0.588. The molecule has 1 amide bonds. The van der Waals surface area contributed by atoms with E-state index in [-0.39, 0.29) is 6.54 Å². The smallest absolute Gasteiger partial charge is 0.241 e. The van der Waals surface area contributed by atoms with Gasteiger partial charge in [0.15, 0.2) is 0 Å². The highest BCUT2D eigenvalue weighted by atomic mass is 32.2. The maximum Gasteiger partial charge on any atom is 0.241 e. The van der Waals surface area contributed by atoms with Gasteiger partial charge in [-0.05, 0) is 62.1 Å². The molecule has 164 valence electrons. The van der Waals surface area contributed by atoms with Crippen molar-refractivity contribution in [1.29, 1.82) is 0 Å². The topological polar surface area (TPSA) is 95.8 Å². The minimum Gasteiger partial charge on any atom is -0.372 e. The molecule has 0 spiro atoms. The van der Waals surface area contributed by atoms with E-state index in [2.05, 4.69) is 19.9 Å². The number of nitrogens with zero attached hydrogens (tertiary/aromatic N) is 3. The van der Waals surface area contributed by atoms with E-state index in [1.807, 2.05) is 48.0 Å². The molecule has 0 radical (unpaired) electrons. The van der Waals surface area contributed by atoms with Gasteiger partial charge < -0.3 is 14.6 Å². The summed E-state index contributed by atoms with van der Waals surface area (Å²) in [7, 11) is -3.81. The molecule has 9 heteroatoms. The predicted molar refractivity (Wildman–Crippen MR) is 122 cm³/mol. The molecule has 0 aliphatic carbocycles. The Balaban J connectivity index is 1.31. The largest absolute Gasteiger partial charge is 0.372 e. The molecule has 0 unspecified atom stereocenters. The van der Waals surface area contributed by atoms with Crippen LogP contribution in [0.4, 0.5) is 11.4 Å². The van der Waals surface area contributed by atoms with Crippen molar-refractivity contribution in [1.82, 2.24) is 14.7 Å². The van der Waals surface area contributed by atoms with E-state index in [1.165, 1.54) is 19.3 Å². The van der Waals surface area contributed by atoms with Gasteiger partial charge in [-0.1, -0.05) is 6.07 Å². The molecular weight excluding hydrogens is 414 g/mol. The van der Waals surface area contributed by atoms with E-state index in [4.69, 9.17) is 0 Å². The van der Waals surface area contributed by atoms with Gasteiger partial charge in [-0.25, -0.2) is 13.4 Å². The summed E-state index contributed by atoms with van der Waals surface area (Å²) in [6, 6.07) is 11.2. The molecule has 1 aromatic carbocycles. The number of rotatable bonds is 7. The van der Waals surface area contributed by atoms with Crippen molar-refractivity contribution in [2.24, 2.45) is 0 Å². The lowest BCUT2D eigenvalue weighted by molar-refractivity contribution is -0.118. The van der Waals surface area contributed by atoms with E-state index < -0.39 is 21.7 Å². The third-order valence-electron chi connectivity index (χ3n) is 5.38. The van der Waals surface area contributed by atoms with Crippen LogP contribution in [0.2, 0.25) is 0 Å². The first kappa shape index (κ1) is 21.2. The van der Waals surface area contributed by atoms with Gasteiger partial charge in [0.25, 0.3) is 0 Å². The van der Waals surface area contributed by atoms with Gasteiger partial charge in [-0.15, -0.1) is 0 Å². The van der Waals surface area contributed by atoms with Crippen molar-refractivity contribution in [3.8, 4) is 0 Å². The number of aryl methyl sites for hydroxylation is 1. The Hall–Kier alpha value is -3.07. The Morgan fingerprint density at radius 1 is 1.10 bits per heavy atom. The van der Waals surface area contributed by atoms with E-state index in [0.717, 1.165) is 30.0 Å². The number of pyridine rings is 1. The van der Waals surface area contributed by atoms with Gasteiger partial charge in [-0.3, -0.25) is 9.52 Å². The van der Waals surface area contributed by atoms with Crippen LogP contribution in [0, 0.1) is 6.92 Å². The van der Waals surface area contributed by atoms with Crippen molar-refractivity contribution < 1.29 is 13.2 Å². The zero-order valence-electron chi connectivity index (χ0n) is 17.5. The molecule has 1 fully saturated rings. The van der Waals surface area contributed by atoms with Crippen LogP contribution >= 0.6 is 0 Å². The highest BCUT2D eigenvalue weighted by molar-refractivity contribution is 7.93. The fourth-order valence-electron chi connectivity index (χ4n) is 3.81. The summed E-state index contributed by atoms with van der Waals surface area (Å²) < 4.78 is 29.1. The Labute approximate surface area is 182 Å². The summed E-state index contributed by atoms with van der Waals surface area (Å²) >= 11 is 0. The highest BCUT2D eigenvalue weighted by Crippen LogP contribution is 2.22. The van der Waals surface area contributed by atoms with Crippen LogP contribution < -0.4 is 14.9 Å². The summed E-state index contributed by atoms with van der Waals surface area (Å²) in [6.45, 7) is 4.18. The number of carbonyl (C=O) groups excluding carboxylic acids is 1. The minimum atomic E-state index is -3.81. The summed E-state index contributed by atoms with van der Waals surface area (Å²) in [5.74, 6) is -1.22. The fourth-order valence-corrected chi connectivity index (χ4v) is 4.82. The number of aromatic nitrogens is 2. The third kappa shape index (κ3) is 5.35. The zero-order chi connectivity index (χ0) is 21.8. The van der Waals surface area contributed by atoms with Crippen LogP contribution in [-0.2, 0) is 21.4 Å². The standard InChI is InChI=1S/C22H27N5O3S/c1-17-6-5-13-27-15-19(24-22(17)27)14-23-21(28)16-31(29,30)25-18-7-9-20(10-8-18)26-11-3-2-4-12-26/h5-10,13,15,25H,2-4,11-12,14,16H2,1H3,(H,23,28). The van der Waals surface area contributed by atoms with Gasteiger partial charge in [0.05, 0.1) is 12.2 Å². The number of imidazole rings is 1. The number of fused-ring (bicyclic) bond motifs is 1. The average molecular weight is 442 g/mol. The molecule has 1 saturated heterocycles. The lowest BCUT2D eigenvalue weighted by Crippen LogP contribution is -2.32. The maximum absolute atomic E-state index is 12.4. The van der Waals surface area contributed by atoms with Crippen molar-refractivity contribution in [2.75, 3.05) is 28.5 Å². The Bertz CT molecular complexity index is 1170. The van der Waals surface area contributed by atoms with E-state index in [0.29, 0.717) is 11.4 Å². The number of sulfonamides is 1. The Morgan fingerprint density at radius 2 is 1.84 bits per heavy atom. The van der Waals surface area contributed by atoms with Gasteiger partial charge in [0, 0.05) is 36.9 Å². The normalized spacial score (nSPS) is 14.5. The number of amides is 1. The van der Waals surface area contributed by atoms with Crippen LogP contribution in [0.3, 0.4) is 0 Å². The highest BCUT2D eigenvalue weighted by Gasteiger charge is 2.17. The van der Waals surface area contributed by atoms with Crippen LogP contribution in [0.15, 0.2) is 48.8 Å². The average Bonchev–Trinajstić information content (AvgIpc) is 3.17. The summed E-state index contributed by atoms with van der Waals surface area (Å²) in [6.07, 6.45) is 7.31. The molecule has 0 saturated carbocycles. The number of hydrogen-bond donors (Lipinski definition) is 2. The van der Waals surface area contributed by atoms with E-state index in [1.54, 1.807) is 12.1 Å². The fraction of sp³-hybridized carbons (Fsp3) is 0.364. The molecule has 2 N–H and O–H groups in total. The van der Waals surface area contributed by atoms with Crippen LogP contribution in [0.1, 0.15) is 30.5 Å². The molecule has 1 aliphatic rings. The number of benzene rings is 1. The summed E-state index contributed by atoms with van der Waals surface area (Å²) in [5.41, 5.74) is 4.04. The van der Waals surface area contributed by atoms with Crippen LogP contribution in [0.5, 0.6) is 0 Å². The molecule has 1 aliphatic heterocycles. The molecule has 8 nitrogen and oxygen atoms in total. The number of piperidine rings is 1. The number of hydrogen-bond acceptors (Lipinski definition) is 5. The van der Waals surface area contributed by atoms with Gasteiger partial charge in [0.1, 0.15) is 11.4 Å². The third-order valence-corrected chi connectivity index (χ3v) is 6.57. The molecule has 0 bridgehead atoms. The van der Waals surface area contributed by atoms with Gasteiger partial charge >= 0.3 is 0 Å². The number of anilines is 2. The first-order chi connectivity index (χ1) is 14.9. The molecule has 31 heavy (non-hydrogen) atoms. The molecule has 3 heterocycles. The maximum atomic E-state index is 12.4. The van der Waals surface area contributed by atoms with Crippen molar-refractivity contribution in [3.63, 3.8) is 0 Å². The van der Waals surface area contributed by atoms with Crippen molar-refractivity contribution >= 4 is 33.0 Å². The van der Waals surface area contributed by atoms with Crippen LogP contribution in [0.25, 0.3) is 5.65 Å². The summed E-state index contributed by atoms with van der Waals surface area (Å²) in [4.78, 5) is 19.0. The van der Waals surface area contributed by atoms with E-state index in [9.17, 15) is 13.2 Å². The second kappa shape index (κ2) is 8.97. The second-order valence-electron chi connectivity index (χ2n) is 7.89. The zero-order valence-corrected chi connectivity index (χ0v) is 18.4. The lowest BCUT2D eigenvalue weighted by atomic mass is 10.1. The first-order valence-electron chi connectivity index (χ1n) is 10.4. The van der Waals surface area contributed by atoms with Crippen molar-refractivity contribution in [3.05, 3.63) is 60.0 Å². The van der Waals surface area contributed by atoms with Gasteiger partial charge in [0.2, 0.25) is 15.9 Å². The molecule has 2 aromatic heterocycles. The second-order valence-corrected chi connectivity index (χ2v) is 9.61. The molecule has 0 atom stereocenters. The summed E-state index contributed by atoms with van der Waals surface area (Å²) in [5, 5.41) is 2.63. The molecule has 4 rings (SSSR count). The Kier molecular flexibility index (Phi) is 6.13. The number of carbonyl (C=O) groups is 1. The lowest BCUT2D eigenvalue weighted by Gasteiger charge is -2.28. The number of nitrogens with one attached hydrogen (secondary N) is 2. The van der Waals surface area contributed by atoms with Crippen molar-refractivity contribution in [2.45, 2.75) is 32.7 Å².